The zero-order valence-corrected chi connectivity index (χ0v) is 9.12. The molecular weight excluding hydrogens is 230 g/mol. The van der Waals surface area contributed by atoms with E-state index in [4.69, 9.17) is 16.3 Å². The number of carboxylic acids is 1. The Hall–Kier alpha value is -1.81. The fourth-order valence-electron chi connectivity index (χ4n) is 1.46. The summed E-state index contributed by atoms with van der Waals surface area (Å²) in [4.78, 5) is 14.7. The van der Waals surface area contributed by atoms with Gasteiger partial charge in [0.1, 0.15) is 5.52 Å². The maximum atomic E-state index is 10.7. The molecule has 0 aliphatic carbocycles. The molecule has 0 amide bonds. The Bertz CT molecular complexity index is 568. The number of aromatic nitrogens is 1. The molecule has 0 spiro atoms. The Morgan fingerprint density at radius 1 is 1.50 bits per heavy atom. The first-order valence-electron chi connectivity index (χ1n) is 4.47. The molecule has 1 heterocycles. The van der Waals surface area contributed by atoms with Gasteiger partial charge >= 0.3 is 0 Å². The second-order valence-electron chi connectivity index (χ2n) is 3.16. The lowest BCUT2D eigenvalue weighted by Crippen LogP contribution is -2.22. The van der Waals surface area contributed by atoms with Crippen molar-refractivity contribution in [2.75, 3.05) is 7.11 Å². The molecule has 0 bridgehead atoms. The molecule has 0 unspecified atom stereocenters. The van der Waals surface area contributed by atoms with E-state index in [1.807, 2.05) is 0 Å². The maximum absolute atomic E-state index is 10.7. The van der Waals surface area contributed by atoms with Crippen molar-refractivity contribution in [1.29, 1.82) is 0 Å². The molecule has 0 atom stereocenters. The number of hydrogen-bond acceptors (Lipinski definition) is 4. The molecule has 0 aliphatic rings. The molecular formula is C11H7ClNO3-. The van der Waals surface area contributed by atoms with Crippen LogP contribution in [0.25, 0.3) is 10.9 Å². The van der Waals surface area contributed by atoms with Crippen LogP contribution in [-0.4, -0.2) is 18.1 Å². The zero-order chi connectivity index (χ0) is 11.7. The molecule has 2 aromatic rings. The van der Waals surface area contributed by atoms with E-state index in [0.717, 1.165) is 0 Å². The quantitative estimate of drug-likeness (QED) is 0.788. The summed E-state index contributed by atoms with van der Waals surface area (Å²) in [6.07, 6.45) is 1.22. The number of carbonyl (C=O) groups excluding carboxylic acids is 1. The minimum atomic E-state index is -1.26. The number of hydrogen-bond donors (Lipinski definition) is 0. The summed E-state index contributed by atoms with van der Waals surface area (Å²) in [7, 11) is 1.48. The summed E-state index contributed by atoms with van der Waals surface area (Å²) in [6.45, 7) is 0. The lowest BCUT2D eigenvalue weighted by molar-refractivity contribution is -0.255. The molecule has 4 nitrogen and oxygen atoms in total. The smallest absolute Gasteiger partial charge is 0.163 e. The van der Waals surface area contributed by atoms with Crippen LogP contribution >= 0.6 is 11.6 Å². The molecule has 1 aromatic carbocycles. The number of nitrogens with zero attached hydrogens (tertiary/aromatic N) is 1. The highest BCUT2D eigenvalue weighted by molar-refractivity contribution is 6.33. The monoisotopic (exact) mass is 236 g/mol. The molecule has 0 saturated carbocycles. The van der Waals surface area contributed by atoms with Crippen LogP contribution in [0.1, 0.15) is 10.4 Å². The summed E-state index contributed by atoms with van der Waals surface area (Å²) in [6, 6.07) is 4.78. The van der Waals surface area contributed by atoms with Crippen molar-refractivity contribution in [2.45, 2.75) is 0 Å². The second-order valence-corrected chi connectivity index (χ2v) is 3.57. The summed E-state index contributed by atoms with van der Waals surface area (Å²) in [5.74, 6) is -0.826. The van der Waals surface area contributed by atoms with Gasteiger partial charge in [-0.1, -0.05) is 17.7 Å². The normalized spacial score (nSPS) is 10.4. The Morgan fingerprint density at radius 3 is 2.88 bits per heavy atom. The van der Waals surface area contributed by atoms with Gasteiger partial charge in [-0.25, -0.2) is 0 Å². The van der Waals surface area contributed by atoms with Crippen molar-refractivity contribution in [3.63, 3.8) is 0 Å². The van der Waals surface area contributed by atoms with E-state index in [1.165, 1.54) is 19.4 Å². The van der Waals surface area contributed by atoms with Crippen LogP contribution in [0.5, 0.6) is 5.75 Å². The van der Waals surface area contributed by atoms with Crippen molar-refractivity contribution < 1.29 is 14.6 Å². The molecule has 5 heteroatoms. The Balaban J connectivity index is 2.73. The number of methoxy groups -OCH3 is 1. The Kier molecular flexibility index (Phi) is 2.66. The number of fused-ring (bicyclic) bond motifs is 1. The summed E-state index contributed by atoms with van der Waals surface area (Å²) in [5.41, 5.74) is 0.553. The number of carbonyl (C=O) groups is 1. The molecule has 2 rings (SSSR count). The van der Waals surface area contributed by atoms with Gasteiger partial charge in [0.05, 0.1) is 18.1 Å². The minimum Gasteiger partial charge on any atom is -0.545 e. The van der Waals surface area contributed by atoms with Gasteiger partial charge in [0.2, 0.25) is 0 Å². The van der Waals surface area contributed by atoms with Gasteiger partial charge in [0, 0.05) is 17.1 Å². The van der Waals surface area contributed by atoms with E-state index < -0.39 is 5.97 Å². The largest absolute Gasteiger partial charge is 0.545 e. The van der Waals surface area contributed by atoms with Gasteiger partial charge < -0.3 is 14.6 Å². The van der Waals surface area contributed by atoms with Gasteiger partial charge in [-0.15, -0.1) is 0 Å². The standard InChI is InChI=1S/C11H8ClNO3/c1-16-10-8(12)3-2-6-4-7(11(14)15)5-13-9(6)10/h2-5H,1H3,(H,14,15)/p-1. The lowest BCUT2D eigenvalue weighted by atomic mass is 10.1. The first kappa shape index (κ1) is 10.7. The Labute approximate surface area is 96.4 Å². The topological polar surface area (TPSA) is 62.2 Å². The fraction of sp³-hybridized carbons (Fsp3) is 0.0909. The molecule has 0 radical (unpaired) electrons. The van der Waals surface area contributed by atoms with E-state index in [0.29, 0.717) is 21.7 Å². The third-order valence-corrected chi connectivity index (χ3v) is 2.50. The molecule has 1 aromatic heterocycles. The van der Waals surface area contributed by atoms with Crippen LogP contribution in [0, 0.1) is 0 Å². The first-order chi connectivity index (χ1) is 7.63. The van der Waals surface area contributed by atoms with Crippen molar-refractivity contribution in [2.24, 2.45) is 0 Å². The van der Waals surface area contributed by atoms with Crippen molar-refractivity contribution in [3.8, 4) is 5.75 Å². The van der Waals surface area contributed by atoms with Gasteiger partial charge in [0.15, 0.2) is 5.75 Å². The van der Waals surface area contributed by atoms with Crippen LogP contribution in [-0.2, 0) is 0 Å². The number of ether oxygens (including phenoxy) is 1. The number of aromatic carboxylic acids is 1. The van der Waals surface area contributed by atoms with Crippen LogP contribution < -0.4 is 9.84 Å². The predicted octanol–water partition coefficient (Wildman–Crippen LogP) is 1.26. The summed E-state index contributed by atoms with van der Waals surface area (Å²) in [5, 5.41) is 11.7. The second kappa shape index (κ2) is 3.98. The summed E-state index contributed by atoms with van der Waals surface area (Å²) < 4.78 is 5.10. The third-order valence-electron chi connectivity index (χ3n) is 2.20. The lowest BCUT2D eigenvalue weighted by Gasteiger charge is -2.08. The van der Waals surface area contributed by atoms with Crippen LogP contribution in [0.3, 0.4) is 0 Å². The molecule has 16 heavy (non-hydrogen) atoms. The molecule has 0 fully saturated rings. The van der Waals surface area contributed by atoms with Crippen LogP contribution in [0.4, 0.5) is 0 Å². The first-order valence-corrected chi connectivity index (χ1v) is 4.85. The number of halogens is 1. The number of carboxylic acid groups (broad SMARTS) is 1. The average Bonchev–Trinajstić information content (AvgIpc) is 2.28. The fourth-order valence-corrected chi connectivity index (χ4v) is 1.69. The minimum absolute atomic E-state index is 0.0249. The molecule has 0 aliphatic heterocycles. The van der Waals surface area contributed by atoms with Crippen molar-refractivity contribution in [3.05, 3.63) is 35.0 Å². The van der Waals surface area contributed by atoms with E-state index in [9.17, 15) is 9.90 Å². The average molecular weight is 237 g/mol. The van der Waals surface area contributed by atoms with Crippen molar-refractivity contribution >= 4 is 28.5 Å². The Morgan fingerprint density at radius 2 is 2.25 bits per heavy atom. The number of benzene rings is 1. The van der Waals surface area contributed by atoms with E-state index in [2.05, 4.69) is 4.98 Å². The zero-order valence-electron chi connectivity index (χ0n) is 8.36. The predicted molar refractivity (Wildman–Crippen MR) is 57.6 cm³/mol. The van der Waals surface area contributed by atoms with Gasteiger partial charge in [-0.3, -0.25) is 4.98 Å². The van der Waals surface area contributed by atoms with Gasteiger partial charge in [0.25, 0.3) is 0 Å². The maximum Gasteiger partial charge on any atom is 0.163 e. The van der Waals surface area contributed by atoms with E-state index in [-0.39, 0.29) is 5.56 Å². The van der Waals surface area contributed by atoms with E-state index in [1.54, 1.807) is 12.1 Å². The highest BCUT2D eigenvalue weighted by Gasteiger charge is 2.08. The van der Waals surface area contributed by atoms with Crippen molar-refractivity contribution in [1.82, 2.24) is 4.98 Å². The SMILES string of the molecule is COc1c(Cl)ccc2cc(C(=O)[O-])cnc12. The number of pyridine rings is 1. The molecule has 0 saturated heterocycles. The highest BCUT2D eigenvalue weighted by Crippen LogP contribution is 2.31. The van der Waals surface area contributed by atoms with Gasteiger partial charge in [-0.05, 0) is 12.1 Å². The van der Waals surface area contributed by atoms with E-state index >= 15 is 0 Å². The third kappa shape index (κ3) is 1.67. The van der Waals surface area contributed by atoms with Crippen LogP contribution in [0.15, 0.2) is 24.4 Å². The molecule has 82 valence electrons. The summed E-state index contributed by atoms with van der Waals surface area (Å²) >= 11 is 5.91. The van der Waals surface area contributed by atoms with Gasteiger partial charge in [-0.2, -0.15) is 0 Å². The molecule has 0 N–H and O–H groups in total. The number of rotatable bonds is 2. The highest BCUT2D eigenvalue weighted by atomic mass is 35.5. The van der Waals surface area contributed by atoms with Crippen LogP contribution in [0.2, 0.25) is 5.02 Å².